The summed E-state index contributed by atoms with van der Waals surface area (Å²) in [6.45, 7) is 9.87. The van der Waals surface area contributed by atoms with Crippen molar-refractivity contribution in [1.82, 2.24) is 10.6 Å². The van der Waals surface area contributed by atoms with Gasteiger partial charge < -0.3 is 20.8 Å². The molecule has 0 spiro atoms. The van der Waals surface area contributed by atoms with Crippen LogP contribution in [0.5, 0.6) is 0 Å². The minimum absolute atomic E-state index is 0.118. The second-order valence-corrected chi connectivity index (χ2v) is 19.2. The molecule has 5 aromatic carbocycles. The van der Waals surface area contributed by atoms with Crippen LogP contribution in [-0.4, -0.2) is 47.1 Å². The summed E-state index contributed by atoms with van der Waals surface area (Å²) in [5, 5.41) is 31.4. The smallest absolute Gasteiger partial charge is 0.336 e. The number of amides is 2. The van der Waals surface area contributed by atoms with Crippen LogP contribution in [0.2, 0.25) is 0 Å². The Hall–Kier alpha value is -3.76. The molecule has 0 saturated carbocycles. The molecule has 4 N–H and O–H groups in total. The van der Waals surface area contributed by atoms with E-state index < -0.39 is 11.9 Å². The second-order valence-electron chi connectivity index (χ2n) is 17.5. The van der Waals surface area contributed by atoms with Gasteiger partial charge >= 0.3 is 11.9 Å². The highest BCUT2D eigenvalue weighted by Crippen LogP contribution is 2.48. The molecule has 0 aliphatic carbocycles. The molecule has 0 heterocycles. The van der Waals surface area contributed by atoms with E-state index in [0.717, 1.165) is 38.5 Å². The summed E-state index contributed by atoms with van der Waals surface area (Å²) in [6, 6.07) is 9.97. The van der Waals surface area contributed by atoms with Gasteiger partial charge in [-0.1, -0.05) is 187 Å². The second kappa shape index (κ2) is 24.3. The Kier molecular flexibility index (Phi) is 19.3. The average Bonchev–Trinajstić information content (AvgIpc) is 3.26. The molecule has 2 unspecified atom stereocenters. The summed E-state index contributed by atoms with van der Waals surface area (Å²) < 4.78 is 1.06. The third-order valence-corrected chi connectivity index (χ3v) is 14.4. The number of carboxylic acid groups (broad SMARTS) is 2. The van der Waals surface area contributed by atoms with E-state index in [1.165, 1.54) is 102 Å². The number of benzene rings is 5. The molecule has 0 radical (unpaired) electrons. The first-order valence-electron chi connectivity index (χ1n) is 23.6. The van der Waals surface area contributed by atoms with Gasteiger partial charge in [-0.25, -0.2) is 9.59 Å². The maximum Gasteiger partial charge on any atom is 0.336 e. The van der Waals surface area contributed by atoms with Crippen LogP contribution in [0, 0.1) is 11.8 Å². The van der Waals surface area contributed by atoms with Crippen LogP contribution in [0.3, 0.4) is 0 Å². The monoisotopic (exact) mass is 974 g/mol. The number of carbonyl (C=O) groups excluding carboxylic acids is 2. The fourth-order valence-electron chi connectivity index (χ4n) is 9.42. The van der Waals surface area contributed by atoms with Crippen molar-refractivity contribution in [2.45, 2.75) is 156 Å². The van der Waals surface area contributed by atoms with Gasteiger partial charge in [0.1, 0.15) is 0 Å². The summed E-state index contributed by atoms with van der Waals surface area (Å²) >= 11 is 7.47. The molecule has 5 aromatic rings. The molecule has 5 rings (SSSR count). The third-order valence-electron chi connectivity index (χ3n) is 13.1. The predicted molar refractivity (Wildman–Crippen MR) is 264 cm³/mol. The Balaban J connectivity index is 1.53. The van der Waals surface area contributed by atoms with Gasteiger partial charge in [0.05, 0.1) is 11.1 Å². The van der Waals surface area contributed by atoms with Crippen molar-refractivity contribution in [1.29, 1.82) is 0 Å². The first kappa shape index (κ1) is 49.3. The number of unbranched alkanes of at least 4 members (excludes halogenated alkanes) is 14. The Morgan fingerprint density at radius 1 is 0.468 bits per heavy atom. The molecule has 0 fully saturated rings. The third kappa shape index (κ3) is 11.9. The number of carbonyl (C=O) groups is 4. The van der Waals surface area contributed by atoms with Crippen molar-refractivity contribution in [2.24, 2.45) is 11.8 Å². The predicted octanol–water partition coefficient (Wildman–Crippen LogP) is 15.2. The molecule has 0 saturated heterocycles. The van der Waals surface area contributed by atoms with Crippen LogP contribution < -0.4 is 10.6 Å². The lowest BCUT2D eigenvalue weighted by molar-refractivity contribution is 0.0695. The molecule has 62 heavy (non-hydrogen) atoms. The quantitative estimate of drug-likeness (QED) is 0.0224. The SMILES string of the molecule is CCCCCCCCCCC(CC)CNC(=O)c1ccc2c3c(Br)cc(C(=O)O)c4c(C(=O)O)ccc(c5c(Br)cc(C(=O)NCC(CC)CCCCCCCCCC)c1c25)c43. The van der Waals surface area contributed by atoms with Crippen molar-refractivity contribution in [3.05, 3.63) is 67.6 Å². The Morgan fingerprint density at radius 2 is 0.839 bits per heavy atom. The highest BCUT2D eigenvalue weighted by atomic mass is 79.9. The number of rotatable bonds is 28. The fraction of sp³-hybridized carbons (Fsp3) is 0.538. The standard InChI is InChI=1S/C52H68Br2N2O6/c1-5-9-11-13-15-17-19-21-23-33(7-3)31-55-49(57)37-27-25-35-46-42(54)30-40(52(61)62)44-38(51(59)60)28-26-36(48(44)46)45-41(53)29-39(43(37)47(35)45)50(58)56-32-34(8-4)24-22-20-18-16-14-12-10-6-2/h25-30,33-34H,5-24,31-32H2,1-4H3,(H,55,57)(H,56,58)(H,59,60)(H,61,62). The van der Waals surface area contributed by atoms with Gasteiger partial charge in [0.2, 0.25) is 0 Å². The van der Waals surface area contributed by atoms with Crippen molar-refractivity contribution in [3.8, 4) is 0 Å². The topological polar surface area (TPSA) is 133 Å². The van der Waals surface area contributed by atoms with Crippen LogP contribution in [0.4, 0.5) is 0 Å². The highest BCUT2D eigenvalue weighted by molar-refractivity contribution is 9.11. The van der Waals surface area contributed by atoms with Crippen LogP contribution in [0.1, 0.15) is 198 Å². The largest absolute Gasteiger partial charge is 0.478 e. The van der Waals surface area contributed by atoms with Crippen molar-refractivity contribution < 1.29 is 29.4 Å². The van der Waals surface area contributed by atoms with E-state index in [2.05, 4.69) is 70.2 Å². The minimum atomic E-state index is -1.24. The number of hydrogen-bond acceptors (Lipinski definition) is 4. The molecule has 2 amide bonds. The number of halogens is 2. The molecule has 0 aliphatic heterocycles. The van der Waals surface area contributed by atoms with Gasteiger partial charge in [-0.2, -0.15) is 0 Å². The molecule has 0 bridgehead atoms. The Labute approximate surface area is 385 Å². The summed E-state index contributed by atoms with van der Waals surface area (Å²) in [6.07, 6.45) is 24.0. The van der Waals surface area contributed by atoms with Gasteiger partial charge in [-0.05, 0) is 59.7 Å². The van der Waals surface area contributed by atoms with Gasteiger partial charge in [0.25, 0.3) is 11.8 Å². The van der Waals surface area contributed by atoms with E-state index in [1.54, 1.807) is 18.2 Å². The molecule has 336 valence electrons. The van der Waals surface area contributed by atoms with E-state index in [0.29, 0.717) is 82.7 Å². The Bertz CT molecular complexity index is 2320. The van der Waals surface area contributed by atoms with Crippen molar-refractivity contribution >= 4 is 98.7 Å². The van der Waals surface area contributed by atoms with Crippen LogP contribution >= 0.6 is 31.9 Å². The zero-order valence-electron chi connectivity index (χ0n) is 37.5. The number of aromatic carboxylic acids is 2. The summed E-state index contributed by atoms with van der Waals surface area (Å²) in [5.74, 6) is -2.35. The lowest BCUT2D eigenvalue weighted by Crippen LogP contribution is -2.31. The summed E-state index contributed by atoms with van der Waals surface area (Å²) in [7, 11) is 0. The maximum absolute atomic E-state index is 14.5. The Morgan fingerprint density at radius 3 is 1.26 bits per heavy atom. The normalized spacial score (nSPS) is 12.7. The summed E-state index contributed by atoms with van der Waals surface area (Å²) in [4.78, 5) is 54.2. The molecule has 10 heteroatoms. The molecular weight excluding hydrogens is 908 g/mol. The van der Waals surface area contributed by atoms with Gasteiger partial charge in [-0.3, -0.25) is 9.59 Å². The van der Waals surface area contributed by atoms with E-state index >= 15 is 0 Å². The number of fused-ring (bicyclic) bond motifs is 2. The number of hydrogen-bond donors (Lipinski definition) is 4. The van der Waals surface area contributed by atoms with E-state index in [-0.39, 0.29) is 28.3 Å². The van der Waals surface area contributed by atoms with Gasteiger partial charge in [0.15, 0.2) is 0 Å². The lowest BCUT2D eigenvalue weighted by Gasteiger charge is -2.22. The van der Waals surface area contributed by atoms with Gasteiger partial charge in [-0.15, -0.1) is 0 Å². The lowest BCUT2D eigenvalue weighted by atomic mass is 9.84. The van der Waals surface area contributed by atoms with Crippen LogP contribution in [0.15, 0.2) is 45.3 Å². The molecule has 0 aliphatic rings. The molecule has 0 aromatic heterocycles. The number of carboxylic acids is 2. The van der Waals surface area contributed by atoms with Crippen molar-refractivity contribution in [2.75, 3.05) is 13.1 Å². The average molecular weight is 977 g/mol. The van der Waals surface area contributed by atoms with Crippen LogP contribution in [0.25, 0.3) is 43.1 Å². The number of nitrogens with one attached hydrogen (secondary N) is 2. The fourth-order valence-corrected chi connectivity index (χ4v) is 10.7. The zero-order chi connectivity index (χ0) is 44.8. The molecular formula is C52H68Br2N2O6. The zero-order valence-corrected chi connectivity index (χ0v) is 40.6. The van der Waals surface area contributed by atoms with Crippen molar-refractivity contribution in [3.63, 3.8) is 0 Å². The molecule has 2 atom stereocenters. The maximum atomic E-state index is 14.5. The summed E-state index contributed by atoms with van der Waals surface area (Å²) in [5.41, 5.74) is 0.506. The molecule has 8 nitrogen and oxygen atoms in total. The van der Waals surface area contributed by atoms with E-state index in [1.807, 2.05) is 6.07 Å². The van der Waals surface area contributed by atoms with E-state index in [4.69, 9.17) is 0 Å². The minimum Gasteiger partial charge on any atom is -0.478 e. The van der Waals surface area contributed by atoms with E-state index in [9.17, 15) is 29.4 Å². The van der Waals surface area contributed by atoms with Crippen LogP contribution in [-0.2, 0) is 0 Å². The van der Waals surface area contributed by atoms with Gasteiger partial charge in [0, 0.05) is 65.5 Å². The highest BCUT2D eigenvalue weighted by Gasteiger charge is 2.29. The first-order valence-corrected chi connectivity index (χ1v) is 25.2. The first-order chi connectivity index (χ1) is 30.0.